The van der Waals surface area contributed by atoms with E-state index in [9.17, 15) is 4.79 Å². The SMILES string of the molecule is C#CC.C#Cc1ccc(N)cc1.CC(C)(C)OC(=O)Nc1ccc(-c2ccn[nH]2)cc1.CC1=NCC=C1. The summed E-state index contributed by atoms with van der Waals surface area (Å²) in [6.45, 7) is 10.0. The molecule has 1 aromatic heterocycles. The Bertz CT molecular complexity index is 1220. The first kappa shape index (κ1) is 30.3. The van der Waals surface area contributed by atoms with Crippen molar-refractivity contribution >= 4 is 23.2 Å². The number of nitrogens with two attached hydrogens (primary N) is 1. The molecule has 37 heavy (non-hydrogen) atoms. The number of terminal acetylenes is 2. The number of H-pyrrole nitrogens is 1. The number of aromatic amines is 1. The highest BCUT2D eigenvalue weighted by molar-refractivity contribution is 5.94. The fourth-order valence-electron chi connectivity index (χ4n) is 2.62. The number of nitrogen functional groups attached to an aromatic ring is 1. The Hall–Kier alpha value is -4.75. The summed E-state index contributed by atoms with van der Waals surface area (Å²) in [7, 11) is 0. The highest BCUT2D eigenvalue weighted by Gasteiger charge is 2.16. The maximum Gasteiger partial charge on any atom is 0.412 e. The van der Waals surface area contributed by atoms with Crippen molar-refractivity contribution in [3.63, 3.8) is 0 Å². The number of nitrogens with one attached hydrogen (secondary N) is 2. The van der Waals surface area contributed by atoms with Crippen molar-refractivity contribution in [1.82, 2.24) is 10.2 Å². The van der Waals surface area contributed by atoms with Crippen LogP contribution < -0.4 is 11.1 Å². The predicted molar refractivity (Wildman–Crippen MR) is 154 cm³/mol. The lowest BCUT2D eigenvalue weighted by Crippen LogP contribution is -2.27. The highest BCUT2D eigenvalue weighted by atomic mass is 16.6. The smallest absolute Gasteiger partial charge is 0.412 e. The molecule has 1 aliphatic heterocycles. The minimum Gasteiger partial charge on any atom is -0.444 e. The van der Waals surface area contributed by atoms with E-state index in [-0.39, 0.29) is 0 Å². The number of benzene rings is 2. The van der Waals surface area contributed by atoms with E-state index in [0.29, 0.717) is 5.69 Å². The van der Waals surface area contributed by atoms with Gasteiger partial charge in [-0.15, -0.1) is 18.8 Å². The molecular formula is C30H35N5O2. The van der Waals surface area contributed by atoms with E-state index in [1.165, 1.54) is 0 Å². The molecule has 0 spiro atoms. The normalized spacial score (nSPS) is 10.9. The maximum absolute atomic E-state index is 11.6. The lowest BCUT2D eigenvalue weighted by molar-refractivity contribution is 0.0636. The molecule has 2 aromatic carbocycles. The molecule has 7 nitrogen and oxygen atoms in total. The molecule has 4 N–H and O–H groups in total. The molecular weight excluding hydrogens is 462 g/mol. The second kappa shape index (κ2) is 16.0. The number of anilines is 2. The van der Waals surface area contributed by atoms with Gasteiger partial charge in [-0.2, -0.15) is 5.10 Å². The van der Waals surface area contributed by atoms with Gasteiger partial charge in [-0.3, -0.25) is 15.4 Å². The summed E-state index contributed by atoms with van der Waals surface area (Å²) in [6.07, 6.45) is 15.0. The molecule has 0 atom stereocenters. The molecule has 0 saturated carbocycles. The molecule has 1 aliphatic rings. The fraction of sp³-hybridized carbons (Fsp3) is 0.233. The van der Waals surface area contributed by atoms with Crippen molar-refractivity contribution in [2.24, 2.45) is 4.99 Å². The Labute approximate surface area is 220 Å². The number of ether oxygens (including phenoxy) is 1. The topological polar surface area (TPSA) is 105 Å². The summed E-state index contributed by atoms with van der Waals surface area (Å²) in [5.41, 5.74) is 10.3. The van der Waals surface area contributed by atoms with Crippen molar-refractivity contribution in [2.45, 2.75) is 40.2 Å². The van der Waals surface area contributed by atoms with Crippen molar-refractivity contribution in [1.29, 1.82) is 0 Å². The molecule has 0 fully saturated rings. The highest BCUT2D eigenvalue weighted by Crippen LogP contribution is 2.19. The van der Waals surface area contributed by atoms with Crippen molar-refractivity contribution < 1.29 is 9.53 Å². The average Bonchev–Trinajstić information content (AvgIpc) is 3.55. The van der Waals surface area contributed by atoms with Gasteiger partial charge in [-0.25, -0.2) is 4.79 Å². The summed E-state index contributed by atoms with van der Waals surface area (Å²) in [5, 5.41) is 9.46. The predicted octanol–water partition coefficient (Wildman–Crippen LogP) is 6.33. The number of aliphatic imine (C=N–C) groups is 1. The first-order valence-corrected chi connectivity index (χ1v) is 11.5. The zero-order valence-electron chi connectivity index (χ0n) is 22.1. The van der Waals surface area contributed by atoms with Crippen LogP contribution in [0.4, 0.5) is 16.2 Å². The fourth-order valence-corrected chi connectivity index (χ4v) is 2.62. The first-order valence-electron chi connectivity index (χ1n) is 11.5. The molecule has 2 heterocycles. The van der Waals surface area contributed by atoms with E-state index in [1.54, 1.807) is 25.3 Å². The molecule has 0 bridgehead atoms. The molecule has 0 saturated heterocycles. The van der Waals surface area contributed by atoms with Crippen LogP contribution in [0.3, 0.4) is 0 Å². The van der Waals surface area contributed by atoms with E-state index in [1.807, 2.05) is 76.2 Å². The number of amides is 1. The number of allylic oxidation sites excluding steroid dienone is 1. The molecule has 0 radical (unpaired) electrons. The van der Waals surface area contributed by atoms with Gasteiger partial charge in [0.25, 0.3) is 0 Å². The van der Waals surface area contributed by atoms with Crippen molar-refractivity contribution in [3.05, 3.63) is 78.5 Å². The van der Waals surface area contributed by atoms with E-state index in [4.69, 9.17) is 16.9 Å². The third-order valence-corrected chi connectivity index (χ3v) is 4.22. The van der Waals surface area contributed by atoms with Crippen LogP contribution in [0.15, 0.2) is 77.9 Å². The van der Waals surface area contributed by atoms with Crippen LogP contribution in [0.2, 0.25) is 0 Å². The zero-order valence-corrected chi connectivity index (χ0v) is 22.1. The molecule has 7 heteroatoms. The van der Waals surface area contributed by atoms with Crippen molar-refractivity contribution in [2.75, 3.05) is 17.6 Å². The first-order chi connectivity index (χ1) is 17.6. The number of hydrogen-bond acceptors (Lipinski definition) is 5. The lowest BCUT2D eigenvalue weighted by Gasteiger charge is -2.19. The third kappa shape index (κ3) is 13.7. The van der Waals surface area contributed by atoms with Crippen LogP contribution in [-0.4, -0.2) is 34.1 Å². The van der Waals surface area contributed by atoms with Crippen molar-refractivity contribution in [3.8, 4) is 35.9 Å². The summed E-state index contributed by atoms with van der Waals surface area (Å²) >= 11 is 0. The van der Waals surface area contributed by atoms with E-state index < -0.39 is 11.7 Å². The Kier molecular flexibility index (Phi) is 13.1. The molecule has 4 rings (SSSR count). The minimum absolute atomic E-state index is 0.457. The Morgan fingerprint density at radius 2 is 1.70 bits per heavy atom. The number of rotatable bonds is 2. The van der Waals surface area contributed by atoms with Gasteiger partial charge < -0.3 is 10.5 Å². The zero-order chi connectivity index (χ0) is 27.7. The van der Waals surface area contributed by atoms with Crippen LogP contribution in [0, 0.1) is 24.7 Å². The molecule has 0 unspecified atom stereocenters. The summed E-state index contributed by atoms with van der Waals surface area (Å²) < 4.78 is 5.18. The van der Waals surface area contributed by atoms with E-state index >= 15 is 0 Å². The Morgan fingerprint density at radius 1 is 1.08 bits per heavy atom. The largest absolute Gasteiger partial charge is 0.444 e. The van der Waals surface area contributed by atoms with Gasteiger partial charge in [0, 0.05) is 28.8 Å². The van der Waals surface area contributed by atoms with Gasteiger partial charge in [0.05, 0.1) is 12.2 Å². The van der Waals surface area contributed by atoms with E-state index in [2.05, 4.69) is 44.8 Å². The summed E-state index contributed by atoms with van der Waals surface area (Å²) in [6, 6.07) is 16.5. The minimum atomic E-state index is -0.500. The van der Waals surface area contributed by atoms with Crippen LogP contribution >= 0.6 is 0 Å². The second-order valence-electron chi connectivity index (χ2n) is 8.61. The van der Waals surface area contributed by atoms with Gasteiger partial charge in [-0.05, 0) is 88.7 Å². The quantitative estimate of drug-likeness (QED) is 0.284. The van der Waals surface area contributed by atoms with Gasteiger partial charge >= 0.3 is 6.09 Å². The molecule has 3 aromatic rings. The van der Waals surface area contributed by atoms with Crippen LogP contribution in [0.25, 0.3) is 11.3 Å². The standard InChI is InChI=1S/C14H17N3O2.C8H7N.C5H7N.C3H4/c1-14(2,3)19-13(18)16-11-6-4-10(5-7-11)12-8-9-15-17-12;1-2-7-3-5-8(9)6-4-7;1-5-3-2-4-6-5;1-3-2/h4-9H,1-3H3,(H,15,17)(H,16,18);1,3-6H,9H2;2-3H,4H2,1H3;1H,2H3. The van der Waals surface area contributed by atoms with E-state index in [0.717, 1.165) is 34.8 Å². The number of aromatic nitrogens is 2. The number of carbonyl (C=O) groups is 1. The third-order valence-electron chi connectivity index (χ3n) is 4.22. The monoisotopic (exact) mass is 497 g/mol. The second-order valence-corrected chi connectivity index (χ2v) is 8.61. The molecule has 1 amide bonds. The number of carbonyl (C=O) groups excluding carboxylic acids is 1. The maximum atomic E-state index is 11.6. The van der Waals surface area contributed by atoms with Crippen LogP contribution in [-0.2, 0) is 4.74 Å². The Balaban J connectivity index is 0.000000312. The van der Waals surface area contributed by atoms with Crippen LogP contribution in [0.1, 0.15) is 40.2 Å². The molecule has 0 aliphatic carbocycles. The van der Waals surface area contributed by atoms with Gasteiger partial charge in [-0.1, -0.05) is 24.1 Å². The molecule has 192 valence electrons. The van der Waals surface area contributed by atoms with Crippen LogP contribution in [0.5, 0.6) is 0 Å². The number of nitrogens with zero attached hydrogens (tertiary/aromatic N) is 2. The Morgan fingerprint density at radius 3 is 2.11 bits per heavy atom. The van der Waals surface area contributed by atoms with Gasteiger partial charge in [0.1, 0.15) is 5.60 Å². The van der Waals surface area contributed by atoms with Gasteiger partial charge in [0.2, 0.25) is 0 Å². The summed E-state index contributed by atoms with van der Waals surface area (Å²) in [4.78, 5) is 15.6. The average molecular weight is 498 g/mol. The number of hydrogen-bond donors (Lipinski definition) is 3. The van der Waals surface area contributed by atoms with Gasteiger partial charge in [0.15, 0.2) is 0 Å². The summed E-state index contributed by atoms with van der Waals surface area (Å²) in [5.74, 6) is 4.75. The lowest BCUT2D eigenvalue weighted by atomic mass is 10.1.